The third kappa shape index (κ3) is 3.01. The zero-order chi connectivity index (χ0) is 18.1. The molecule has 6 nitrogen and oxygen atoms in total. The SMILES string of the molecule is CNC1CCCN(C(=O)c2occc2CN2C(=O)Cc3ccccc32)C1. The van der Waals surface area contributed by atoms with Gasteiger partial charge in [-0.2, -0.15) is 0 Å². The number of carbonyl (C=O) groups excluding carboxylic acids is 2. The van der Waals surface area contributed by atoms with Gasteiger partial charge in [-0.15, -0.1) is 0 Å². The van der Waals surface area contributed by atoms with Gasteiger partial charge in [0, 0.05) is 30.4 Å². The number of rotatable bonds is 4. The Kier molecular flexibility index (Phi) is 4.51. The summed E-state index contributed by atoms with van der Waals surface area (Å²) in [5.74, 6) is 0.308. The fourth-order valence-electron chi connectivity index (χ4n) is 3.85. The Hall–Kier alpha value is -2.60. The number of carbonyl (C=O) groups is 2. The first-order valence-corrected chi connectivity index (χ1v) is 9.08. The van der Waals surface area contributed by atoms with Gasteiger partial charge in [0.1, 0.15) is 0 Å². The maximum absolute atomic E-state index is 12.9. The van der Waals surface area contributed by atoms with E-state index in [1.807, 2.05) is 36.2 Å². The smallest absolute Gasteiger partial charge is 0.289 e. The molecule has 1 unspecified atom stereocenters. The van der Waals surface area contributed by atoms with Crippen molar-refractivity contribution >= 4 is 17.5 Å². The third-order valence-electron chi connectivity index (χ3n) is 5.31. The normalized spacial score (nSPS) is 19.7. The number of likely N-dealkylation sites (tertiary alicyclic amines) is 1. The van der Waals surface area contributed by atoms with E-state index in [0.717, 1.165) is 36.2 Å². The number of nitrogens with one attached hydrogen (secondary N) is 1. The van der Waals surface area contributed by atoms with Gasteiger partial charge >= 0.3 is 0 Å². The van der Waals surface area contributed by atoms with Crippen molar-refractivity contribution in [2.45, 2.75) is 31.8 Å². The van der Waals surface area contributed by atoms with Crippen LogP contribution in [0.3, 0.4) is 0 Å². The molecule has 4 rings (SSSR count). The van der Waals surface area contributed by atoms with E-state index in [4.69, 9.17) is 4.42 Å². The second kappa shape index (κ2) is 6.96. The fourth-order valence-corrected chi connectivity index (χ4v) is 3.85. The maximum atomic E-state index is 12.9. The summed E-state index contributed by atoms with van der Waals surface area (Å²) in [5, 5.41) is 3.25. The van der Waals surface area contributed by atoms with E-state index in [2.05, 4.69) is 5.32 Å². The van der Waals surface area contributed by atoms with Gasteiger partial charge in [-0.1, -0.05) is 18.2 Å². The number of likely N-dealkylation sites (N-methyl/N-ethyl adjacent to an activating group) is 1. The van der Waals surface area contributed by atoms with Gasteiger partial charge in [0.05, 0.1) is 19.2 Å². The molecule has 26 heavy (non-hydrogen) atoms. The third-order valence-corrected chi connectivity index (χ3v) is 5.31. The summed E-state index contributed by atoms with van der Waals surface area (Å²) in [5.41, 5.74) is 2.71. The molecule has 136 valence electrons. The fraction of sp³-hybridized carbons (Fsp3) is 0.400. The average molecular weight is 353 g/mol. The number of piperidine rings is 1. The highest BCUT2D eigenvalue weighted by atomic mass is 16.3. The van der Waals surface area contributed by atoms with Crippen LogP contribution in [0.1, 0.15) is 34.5 Å². The predicted octanol–water partition coefficient (Wildman–Crippen LogP) is 2.19. The lowest BCUT2D eigenvalue weighted by Crippen LogP contribution is -2.47. The van der Waals surface area contributed by atoms with E-state index in [1.165, 1.54) is 6.26 Å². The summed E-state index contributed by atoms with van der Waals surface area (Å²) in [6.45, 7) is 1.78. The van der Waals surface area contributed by atoms with Gasteiger partial charge in [0.25, 0.3) is 5.91 Å². The molecule has 3 heterocycles. The number of anilines is 1. The quantitative estimate of drug-likeness (QED) is 0.915. The lowest BCUT2D eigenvalue weighted by molar-refractivity contribution is -0.117. The largest absolute Gasteiger partial charge is 0.459 e. The van der Waals surface area contributed by atoms with Gasteiger partial charge < -0.3 is 19.5 Å². The summed E-state index contributed by atoms with van der Waals surface area (Å²) in [6, 6.07) is 9.90. The minimum Gasteiger partial charge on any atom is -0.459 e. The number of furan rings is 1. The zero-order valence-electron chi connectivity index (χ0n) is 14.9. The van der Waals surface area contributed by atoms with E-state index in [0.29, 0.717) is 31.3 Å². The number of para-hydroxylation sites is 1. The van der Waals surface area contributed by atoms with Gasteiger partial charge in [-0.3, -0.25) is 9.59 Å². The molecule has 1 fully saturated rings. The predicted molar refractivity (Wildman–Crippen MR) is 98.0 cm³/mol. The van der Waals surface area contributed by atoms with Gasteiger partial charge in [-0.25, -0.2) is 0 Å². The van der Waals surface area contributed by atoms with E-state index in [1.54, 1.807) is 11.0 Å². The summed E-state index contributed by atoms with van der Waals surface area (Å²) in [6.07, 6.45) is 4.00. The standard InChI is InChI=1S/C20H23N3O3/c1-21-16-6-4-9-22(13-16)20(25)19-15(8-10-26-19)12-23-17-7-3-2-5-14(17)11-18(23)24/h2-3,5,7-8,10,16,21H,4,6,9,11-13H2,1H3. The molecule has 2 aliphatic rings. The Balaban J connectivity index is 1.54. The minimum atomic E-state index is -0.0927. The Morgan fingerprint density at radius 2 is 2.15 bits per heavy atom. The number of benzene rings is 1. The molecule has 1 aromatic heterocycles. The first-order chi connectivity index (χ1) is 12.7. The highest BCUT2D eigenvalue weighted by Crippen LogP contribution is 2.31. The lowest BCUT2D eigenvalue weighted by Gasteiger charge is -2.32. The summed E-state index contributed by atoms with van der Waals surface area (Å²) < 4.78 is 5.53. The van der Waals surface area contributed by atoms with Crippen molar-refractivity contribution in [2.75, 3.05) is 25.0 Å². The van der Waals surface area contributed by atoms with Crippen LogP contribution in [0.5, 0.6) is 0 Å². The van der Waals surface area contributed by atoms with Crippen LogP contribution >= 0.6 is 0 Å². The number of fused-ring (bicyclic) bond motifs is 1. The maximum Gasteiger partial charge on any atom is 0.289 e. The molecule has 1 atom stereocenters. The molecular weight excluding hydrogens is 330 g/mol. The van der Waals surface area contributed by atoms with Crippen molar-refractivity contribution in [3.8, 4) is 0 Å². The summed E-state index contributed by atoms with van der Waals surface area (Å²) in [7, 11) is 1.92. The van der Waals surface area contributed by atoms with Crippen LogP contribution in [-0.4, -0.2) is 42.9 Å². The minimum absolute atomic E-state index is 0.0546. The molecule has 0 aliphatic carbocycles. The van der Waals surface area contributed by atoms with Crippen LogP contribution in [0.15, 0.2) is 41.0 Å². The molecule has 2 aliphatic heterocycles. The topological polar surface area (TPSA) is 65.8 Å². The molecule has 2 amide bonds. The van der Waals surface area contributed by atoms with Crippen LogP contribution in [0.4, 0.5) is 5.69 Å². The second-order valence-corrected chi connectivity index (χ2v) is 6.94. The first-order valence-electron chi connectivity index (χ1n) is 9.08. The Morgan fingerprint density at radius 3 is 3.00 bits per heavy atom. The second-order valence-electron chi connectivity index (χ2n) is 6.94. The van der Waals surface area contributed by atoms with Gasteiger partial charge in [0.2, 0.25) is 5.91 Å². The molecular formula is C20H23N3O3. The van der Waals surface area contributed by atoms with Crippen molar-refractivity contribution in [3.05, 3.63) is 53.5 Å². The molecule has 6 heteroatoms. The van der Waals surface area contributed by atoms with Crippen molar-refractivity contribution in [2.24, 2.45) is 0 Å². The van der Waals surface area contributed by atoms with Crippen molar-refractivity contribution < 1.29 is 14.0 Å². The molecule has 0 bridgehead atoms. The number of amides is 2. The first kappa shape index (κ1) is 16.8. The van der Waals surface area contributed by atoms with Crippen molar-refractivity contribution in [1.82, 2.24) is 10.2 Å². The van der Waals surface area contributed by atoms with Gasteiger partial charge in [0.15, 0.2) is 5.76 Å². The molecule has 0 radical (unpaired) electrons. The Labute approximate surface area is 152 Å². The average Bonchev–Trinajstić information content (AvgIpc) is 3.26. The van der Waals surface area contributed by atoms with Crippen molar-refractivity contribution in [1.29, 1.82) is 0 Å². The van der Waals surface area contributed by atoms with Crippen LogP contribution < -0.4 is 10.2 Å². The molecule has 2 aromatic rings. The zero-order valence-corrected chi connectivity index (χ0v) is 14.9. The van der Waals surface area contributed by atoms with Crippen molar-refractivity contribution in [3.63, 3.8) is 0 Å². The Bertz CT molecular complexity index is 829. The van der Waals surface area contributed by atoms with Crippen LogP contribution in [0.25, 0.3) is 0 Å². The Morgan fingerprint density at radius 1 is 1.31 bits per heavy atom. The van der Waals surface area contributed by atoms with Crippen LogP contribution in [-0.2, 0) is 17.8 Å². The molecule has 0 spiro atoms. The van der Waals surface area contributed by atoms with Gasteiger partial charge in [-0.05, 0) is 37.6 Å². The van der Waals surface area contributed by atoms with E-state index >= 15 is 0 Å². The molecule has 1 saturated heterocycles. The highest BCUT2D eigenvalue weighted by molar-refractivity contribution is 6.01. The summed E-state index contributed by atoms with van der Waals surface area (Å²) in [4.78, 5) is 28.9. The molecule has 0 saturated carbocycles. The number of hydrogen-bond donors (Lipinski definition) is 1. The number of nitrogens with zero attached hydrogens (tertiary/aromatic N) is 2. The number of hydrogen-bond acceptors (Lipinski definition) is 4. The van der Waals surface area contributed by atoms with E-state index < -0.39 is 0 Å². The summed E-state index contributed by atoms with van der Waals surface area (Å²) >= 11 is 0. The molecule has 1 N–H and O–H groups in total. The van der Waals surface area contributed by atoms with Crippen LogP contribution in [0.2, 0.25) is 0 Å². The lowest BCUT2D eigenvalue weighted by atomic mass is 10.1. The van der Waals surface area contributed by atoms with E-state index in [9.17, 15) is 9.59 Å². The van der Waals surface area contributed by atoms with Crippen LogP contribution in [0, 0.1) is 0 Å². The monoisotopic (exact) mass is 353 g/mol. The van der Waals surface area contributed by atoms with E-state index in [-0.39, 0.29) is 11.8 Å². The highest BCUT2D eigenvalue weighted by Gasteiger charge is 2.31. The molecule has 1 aromatic carbocycles.